The fourth-order valence-corrected chi connectivity index (χ4v) is 5.59. The summed E-state index contributed by atoms with van der Waals surface area (Å²) in [5, 5.41) is 12.3. The molecule has 1 aliphatic carbocycles. The zero-order valence-corrected chi connectivity index (χ0v) is 21.6. The van der Waals surface area contributed by atoms with Crippen molar-refractivity contribution in [3.63, 3.8) is 0 Å². The molecule has 40 heavy (non-hydrogen) atoms. The Morgan fingerprint density at radius 2 is 1.77 bits per heavy atom. The Labute approximate surface area is 229 Å². The number of carbonyl (C=O) groups excluding carboxylic acids is 1. The molecule has 0 aliphatic heterocycles. The largest absolute Gasteiger partial charge is 0.353 e. The second-order valence-electron chi connectivity index (χ2n) is 10.3. The van der Waals surface area contributed by atoms with Gasteiger partial charge in [0.15, 0.2) is 5.65 Å². The maximum Gasteiger partial charge on any atom is 0.227 e. The van der Waals surface area contributed by atoms with E-state index >= 15 is 0 Å². The molecule has 9 heteroatoms. The van der Waals surface area contributed by atoms with E-state index in [1.54, 1.807) is 30.9 Å². The van der Waals surface area contributed by atoms with Crippen molar-refractivity contribution in [2.45, 2.75) is 32.1 Å². The summed E-state index contributed by atoms with van der Waals surface area (Å²) in [7, 11) is 0. The van der Waals surface area contributed by atoms with Crippen molar-refractivity contribution in [3.05, 3.63) is 79.1 Å². The monoisotopic (exact) mass is 531 g/mol. The zero-order chi connectivity index (χ0) is 27.1. The average molecular weight is 532 g/mol. The predicted molar refractivity (Wildman–Crippen MR) is 153 cm³/mol. The Morgan fingerprint density at radius 1 is 0.900 bits per heavy atom. The van der Waals surface area contributed by atoms with Gasteiger partial charge in [-0.15, -0.1) is 0 Å². The van der Waals surface area contributed by atoms with Gasteiger partial charge in [-0.3, -0.25) is 19.9 Å². The van der Waals surface area contributed by atoms with E-state index in [1.807, 2.05) is 30.3 Å². The third-order valence-corrected chi connectivity index (χ3v) is 7.64. The summed E-state index contributed by atoms with van der Waals surface area (Å²) < 4.78 is 13.9. The quantitative estimate of drug-likeness (QED) is 0.224. The second-order valence-corrected chi connectivity index (χ2v) is 10.3. The van der Waals surface area contributed by atoms with Gasteiger partial charge in [-0.25, -0.2) is 9.37 Å². The van der Waals surface area contributed by atoms with Gasteiger partial charge in [0.1, 0.15) is 5.82 Å². The van der Waals surface area contributed by atoms with E-state index in [0.29, 0.717) is 22.6 Å². The first kappa shape index (κ1) is 24.1. The minimum Gasteiger partial charge on any atom is -0.353 e. The van der Waals surface area contributed by atoms with Crippen molar-refractivity contribution >= 4 is 33.5 Å². The number of nitrogens with one attached hydrogen (secondary N) is 3. The van der Waals surface area contributed by atoms with Crippen molar-refractivity contribution in [2.75, 3.05) is 5.32 Å². The summed E-state index contributed by atoms with van der Waals surface area (Å²) in [6, 6.07) is 14.3. The van der Waals surface area contributed by atoms with Crippen LogP contribution in [0.5, 0.6) is 0 Å². The number of fused-ring (bicyclic) bond motifs is 2. The Bertz CT molecular complexity index is 1870. The van der Waals surface area contributed by atoms with Crippen LogP contribution in [0.1, 0.15) is 32.1 Å². The molecule has 1 aliphatic rings. The number of H-pyrrole nitrogens is 2. The van der Waals surface area contributed by atoms with Crippen LogP contribution in [0.3, 0.4) is 0 Å². The smallest absolute Gasteiger partial charge is 0.227 e. The van der Waals surface area contributed by atoms with Gasteiger partial charge in [-0.2, -0.15) is 5.10 Å². The van der Waals surface area contributed by atoms with Crippen molar-refractivity contribution in [1.29, 1.82) is 0 Å². The molecular formula is C31H26FN7O. The van der Waals surface area contributed by atoms with E-state index in [4.69, 9.17) is 0 Å². The number of carbonyl (C=O) groups is 1. The molecule has 1 aromatic carbocycles. The third-order valence-electron chi connectivity index (χ3n) is 7.64. The zero-order valence-electron chi connectivity index (χ0n) is 21.6. The van der Waals surface area contributed by atoms with Gasteiger partial charge in [-0.05, 0) is 49.2 Å². The van der Waals surface area contributed by atoms with Crippen LogP contribution in [-0.2, 0) is 4.79 Å². The molecule has 3 N–H and O–H groups in total. The Kier molecular flexibility index (Phi) is 6.03. The number of pyridine rings is 3. The number of halogens is 1. The summed E-state index contributed by atoms with van der Waals surface area (Å²) in [5.41, 5.74) is 6.82. The molecule has 5 heterocycles. The van der Waals surface area contributed by atoms with E-state index in [0.717, 1.165) is 64.5 Å². The highest BCUT2D eigenvalue weighted by atomic mass is 19.1. The lowest BCUT2D eigenvalue weighted by atomic mass is 9.88. The van der Waals surface area contributed by atoms with Gasteiger partial charge in [0.25, 0.3) is 0 Å². The molecule has 0 saturated heterocycles. The van der Waals surface area contributed by atoms with E-state index < -0.39 is 0 Å². The minimum absolute atomic E-state index is 0.0651. The number of benzene rings is 1. The van der Waals surface area contributed by atoms with Gasteiger partial charge < -0.3 is 10.3 Å². The van der Waals surface area contributed by atoms with Crippen molar-refractivity contribution in [3.8, 4) is 33.8 Å². The summed E-state index contributed by atoms with van der Waals surface area (Å²) in [6.45, 7) is 0. The highest BCUT2D eigenvalue weighted by Gasteiger charge is 2.21. The molecule has 8 nitrogen and oxygen atoms in total. The van der Waals surface area contributed by atoms with Crippen LogP contribution in [0.2, 0.25) is 0 Å². The van der Waals surface area contributed by atoms with Crippen LogP contribution in [0.15, 0.2) is 73.3 Å². The fraction of sp³-hybridized carbons (Fsp3) is 0.194. The summed E-state index contributed by atoms with van der Waals surface area (Å²) >= 11 is 0. The van der Waals surface area contributed by atoms with Gasteiger partial charge in [0.05, 0.1) is 29.0 Å². The summed E-state index contributed by atoms with van der Waals surface area (Å²) in [5.74, 6) is -0.176. The minimum atomic E-state index is -0.308. The highest BCUT2D eigenvalue weighted by Crippen LogP contribution is 2.34. The molecule has 0 atom stereocenters. The topological polar surface area (TPSA) is 112 Å². The lowest BCUT2D eigenvalue weighted by Gasteiger charge is -2.20. The van der Waals surface area contributed by atoms with Crippen LogP contribution in [0.25, 0.3) is 55.7 Å². The number of aromatic amines is 2. The third kappa shape index (κ3) is 4.49. The van der Waals surface area contributed by atoms with Gasteiger partial charge in [0.2, 0.25) is 5.91 Å². The second kappa shape index (κ2) is 10.00. The number of amides is 1. The number of nitrogens with zero attached hydrogens (tertiary/aromatic N) is 4. The van der Waals surface area contributed by atoms with E-state index in [1.165, 1.54) is 18.6 Å². The highest BCUT2D eigenvalue weighted by molar-refractivity contribution is 6.00. The Morgan fingerprint density at radius 3 is 2.65 bits per heavy atom. The van der Waals surface area contributed by atoms with Crippen molar-refractivity contribution in [1.82, 2.24) is 30.1 Å². The molecule has 0 unspecified atom stereocenters. The Balaban J connectivity index is 1.23. The first-order chi connectivity index (χ1) is 19.6. The van der Waals surface area contributed by atoms with Crippen LogP contribution >= 0.6 is 0 Å². The van der Waals surface area contributed by atoms with Crippen LogP contribution in [0.4, 0.5) is 10.1 Å². The molecule has 198 valence electrons. The summed E-state index contributed by atoms with van der Waals surface area (Å²) in [4.78, 5) is 29.7. The SMILES string of the molecule is O=C(Nc1cncc(-c2cnc3n[nH]c(-c4cc5c(-c6cccc(F)c6)nccc5[nH]4)c3c2)c1)C1CCCCC1. The molecule has 0 spiro atoms. The summed E-state index contributed by atoms with van der Waals surface area (Å²) in [6.07, 6.45) is 12.2. The molecular weight excluding hydrogens is 505 g/mol. The van der Waals surface area contributed by atoms with Gasteiger partial charge in [-0.1, -0.05) is 31.4 Å². The molecule has 1 amide bonds. The first-order valence-corrected chi connectivity index (χ1v) is 13.5. The van der Waals surface area contributed by atoms with Crippen molar-refractivity contribution in [2.24, 2.45) is 5.92 Å². The number of hydrogen-bond donors (Lipinski definition) is 3. The molecule has 1 fully saturated rings. The molecule has 6 aromatic rings. The van der Waals surface area contributed by atoms with Crippen molar-refractivity contribution < 1.29 is 9.18 Å². The number of aromatic nitrogens is 6. The average Bonchev–Trinajstić information content (AvgIpc) is 3.61. The van der Waals surface area contributed by atoms with E-state index in [-0.39, 0.29) is 17.6 Å². The van der Waals surface area contributed by atoms with Gasteiger partial charge in [0, 0.05) is 57.5 Å². The lowest BCUT2D eigenvalue weighted by molar-refractivity contribution is -0.120. The predicted octanol–water partition coefficient (Wildman–Crippen LogP) is 6.89. The van der Waals surface area contributed by atoms with Crippen LogP contribution in [0, 0.1) is 11.7 Å². The number of hydrogen-bond acceptors (Lipinski definition) is 5. The maximum absolute atomic E-state index is 13.9. The first-order valence-electron chi connectivity index (χ1n) is 13.5. The fourth-order valence-electron chi connectivity index (χ4n) is 5.59. The normalized spacial score (nSPS) is 14.1. The maximum atomic E-state index is 13.9. The molecule has 1 saturated carbocycles. The molecule has 0 bridgehead atoms. The molecule has 0 radical (unpaired) electrons. The lowest BCUT2D eigenvalue weighted by Crippen LogP contribution is -2.24. The van der Waals surface area contributed by atoms with E-state index in [2.05, 4.69) is 35.5 Å². The van der Waals surface area contributed by atoms with Crippen LogP contribution in [-0.4, -0.2) is 36.0 Å². The number of rotatable bonds is 5. The number of anilines is 1. The van der Waals surface area contributed by atoms with Crippen LogP contribution < -0.4 is 5.32 Å². The molecule has 7 rings (SSSR count). The molecule has 5 aromatic heterocycles. The van der Waals surface area contributed by atoms with E-state index in [9.17, 15) is 9.18 Å². The standard InChI is InChI=1S/C31H26FN7O/c32-22-8-4-7-19(11-22)28-24-14-27(37-26(24)9-10-34-28)29-25-13-21(16-35-30(25)39-38-29)20-12-23(17-33-15-20)36-31(40)18-5-2-1-3-6-18/h4,7-18,37H,1-3,5-6H2,(H,36,40)(H,35,38,39). The Hall–Kier alpha value is -4.92. The van der Waals surface area contributed by atoms with Gasteiger partial charge >= 0.3 is 0 Å².